The van der Waals surface area contributed by atoms with Crippen LogP contribution in [-0.4, -0.2) is 17.6 Å². The van der Waals surface area contributed by atoms with Crippen LogP contribution < -0.4 is 5.73 Å². The zero-order valence-electron chi connectivity index (χ0n) is 7.38. The molecule has 70 valence electrons. The van der Waals surface area contributed by atoms with E-state index < -0.39 is 5.97 Å². The summed E-state index contributed by atoms with van der Waals surface area (Å²) < 4.78 is 0. The van der Waals surface area contributed by atoms with Gasteiger partial charge in [-0.15, -0.1) is 0 Å². The van der Waals surface area contributed by atoms with E-state index in [0.29, 0.717) is 12.0 Å². The molecule has 0 aliphatic heterocycles. The summed E-state index contributed by atoms with van der Waals surface area (Å²) in [6.07, 6.45) is 4.66. The average Bonchev–Trinajstić information content (AvgIpc) is 2.03. The SMILES string of the molecule is C=C(CCCCCCN)C(=O)O. The molecule has 0 amide bonds. The Balaban J connectivity index is 3.20. The third-order valence-electron chi connectivity index (χ3n) is 1.74. The first-order valence-corrected chi connectivity index (χ1v) is 4.29. The average molecular weight is 171 g/mol. The van der Waals surface area contributed by atoms with E-state index in [2.05, 4.69) is 6.58 Å². The Morgan fingerprint density at radius 1 is 1.25 bits per heavy atom. The third kappa shape index (κ3) is 5.92. The number of carbonyl (C=O) groups is 1. The standard InChI is InChI=1S/C9H17NO2/c1-8(9(11)12)6-4-2-3-5-7-10/h1-7,10H2,(H,11,12). The highest BCUT2D eigenvalue weighted by molar-refractivity contribution is 5.85. The predicted molar refractivity (Wildman–Crippen MR) is 48.9 cm³/mol. The molecule has 0 saturated heterocycles. The van der Waals surface area contributed by atoms with Crippen molar-refractivity contribution < 1.29 is 9.90 Å². The molecule has 0 atom stereocenters. The Morgan fingerprint density at radius 2 is 1.83 bits per heavy atom. The zero-order chi connectivity index (χ0) is 9.40. The number of carboxylic acids is 1. The normalized spacial score (nSPS) is 9.75. The van der Waals surface area contributed by atoms with Crippen molar-refractivity contribution in [3.05, 3.63) is 12.2 Å². The first-order chi connectivity index (χ1) is 5.68. The van der Waals surface area contributed by atoms with Crippen LogP contribution >= 0.6 is 0 Å². The highest BCUT2D eigenvalue weighted by Crippen LogP contribution is 2.07. The summed E-state index contributed by atoms with van der Waals surface area (Å²) in [6, 6.07) is 0. The van der Waals surface area contributed by atoms with Gasteiger partial charge >= 0.3 is 5.97 Å². The summed E-state index contributed by atoms with van der Waals surface area (Å²) >= 11 is 0. The van der Waals surface area contributed by atoms with Crippen LogP contribution in [0, 0.1) is 0 Å². The maximum Gasteiger partial charge on any atom is 0.330 e. The quantitative estimate of drug-likeness (QED) is 0.451. The molecule has 0 radical (unpaired) electrons. The smallest absolute Gasteiger partial charge is 0.330 e. The van der Waals surface area contributed by atoms with E-state index in [1.807, 2.05) is 0 Å². The number of hydrogen-bond acceptors (Lipinski definition) is 2. The van der Waals surface area contributed by atoms with E-state index in [1.54, 1.807) is 0 Å². The number of hydrogen-bond donors (Lipinski definition) is 2. The molecule has 0 heterocycles. The van der Waals surface area contributed by atoms with Crippen molar-refractivity contribution in [3.8, 4) is 0 Å². The van der Waals surface area contributed by atoms with Crippen molar-refractivity contribution in [1.82, 2.24) is 0 Å². The molecule has 0 aromatic rings. The second kappa shape index (κ2) is 6.85. The van der Waals surface area contributed by atoms with E-state index in [1.165, 1.54) is 0 Å². The number of unbranched alkanes of at least 4 members (excludes halogenated alkanes) is 3. The number of carboxylic acid groups (broad SMARTS) is 1. The Morgan fingerprint density at radius 3 is 2.33 bits per heavy atom. The molecular weight excluding hydrogens is 154 g/mol. The largest absolute Gasteiger partial charge is 0.478 e. The summed E-state index contributed by atoms with van der Waals surface area (Å²) in [5.41, 5.74) is 5.62. The molecule has 0 bridgehead atoms. The predicted octanol–water partition coefficient (Wildman–Crippen LogP) is 1.54. The van der Waals surface area contributed by atoms with Gasteiger partial charge in [0.1, 0.15) is 0 Å². The molecule has 12 heavy (non-hydrogen) atoms. The second-order valence-electron chi connectivity index (χ2n) is 2.86. The van der Waals surface area contributed by atoms with Gasteiger partial charge in [0.15, 0.2) is 0 Å². The first-order valence-electron chi connectivity index (χ1n) is 4.29. The molecule has 0 spiro atoms. The van der Waals surface area contributed by atoms with Gasteiger partial charge in [-0.05, 0) is 25.8 Å². The summed E-state index contributed by atoms with van der Waals surface area (Å²) in [7, 11) is 0. The lowest BCUT2D eigenvalue weighted by atomic mass is 10.1. The topological polar surface area (TPSA) is 63.3 Å². The maximum absolute atomic E-state index is 10.3. The minimum Gasteiger partial charge on any atom is -0.478 e. The first kappa shape index (κ1) is 11.2. The van der Waals surface area contributed by atoms with Crippen molar-refractivity contribution in [2.75, 3.05) is 6.54 Å². The van der Waals surface area contributed by atoms with E-state index >= 15 is 0 Å². The van der Waals surface area contributed by atoms with Gasteiger partial charge in [-0.25, -0.2) is 4.79 Å². The molecule has 0 aromatic heterocycles. The minimum absolute atomic E-state index is 0.308. The molecule has 3 heteroatoms. The summed E-state index contributed by atoms with van der Waals surface area (Å²) in [4.78, 5) is 10.3. The van der Waals surface area contributed by atoms with Crippen LogP contribution in [0.5, 0.6) is 0 Å². The minimum atomic E-state index is -0.881. The van der Waals surface area contributed by atoms with Crippen molar-refractivity contribution in [2.24, 2.45) is 5.73 Å². The van der Waals surface area contributed by atoms with Gasteiger partial charge in [0, 0.05) is 5.57 Å². The number of rotatable bonds is 7. The molecule has 3 nitrogen and oxygen atoms in total. The van der Waals surface area contributed by atoms with Gasteiger partial charge < -0.3 is 10.8 Å². The van der Waals surface area contributed by atoms with E-state index in [4.69, 9.17) is 10.8 Å². The fourth-order valence-corrected chi connectivity index (χ4v) is 0.943. The van der Waals surface area contributed by atoms with Gasteiger partial charge in [0.05, 0.1) is 0 Å². The molecule has 0 unspecified atom stereocenters. The van der Waals surface area contributed by atoms with Crippen molar-refractivity contribution in [3.63, 3.8) is 0 Å². The van der Waals surface area contributed by atoms with Crippen LogP contribution in [0.4, 0.5) is 0 Å². The number of aliphatic carboxylic acids is 1. The molecule has 0 aliphatic carbocycles. The maximum atomic E-state index is 10.3. The van der Waals surface area contributed by atoms with Gasteiger partial charge in [-0.3, -0.25) is 0 Å². The van der Waals surface area contributed by atoms with Gasteiger partial charge in [0.25, 0.3) is 0 Å². The van der Waals surface area contributed by atoms with Gasteiger partial charge in [-0.2, -0.15) is 0 Å². The fourth-order valence-electron chi connectivity index (χ4n) is 0.943. The molecule has 3 N–H and O–H groups in total. The fraction of sp³-hybridized carbons (Fsp3) is 0.667. The summed E-state index contributed by atoms with van der Waals surface area (Å²) in [5, 5.41) is 8.47. The van der Waals surface area contributed by atoms with E-state index in [0.717, 1.165) is 32.2 Å². The summed E-state index contributed by atoms with van der Waals surface area (Å²) in [6.45, 7) is 4.17. The Hall–Kier alpha value is -0.830. The Kier molecular flexibility index (Phi) is 6.38. The van der Waals surface area contributed by atoms with Crippen LogP contribution in [0.1, 0.15) is 32.1 Å². The van der Waals surface area contributed by atoms with Crippen LogP contribution in [0.3, 0.4) is 0 Å². The van der Waals surface area contributed by atoms with Gasteiger partial charge in [-0.1, -0.05) is 19.4 Å². The lowest BCUT2D eigenvalue weighted by Crippen LogP contribution is -2.00. The molecular formula is C9H17NO2. The molecule has 0 aliphatic rings. The molecule has 0 aromatic carbocycles. The summed E-state index contributed by atoms with van der Waals surface area (Å²) in [5.74, 6) is -0.881. The van der Waals surface area contributed by atoms with Crippen molar-refractivity contribution in [2.45, 2.75) is 32.1 Å². The van der Waals surface area contributed by atoms with E-state index in [-0.39, 0.29) is 0 Å². The van der Waals surface area contributed by atoms with Crippen molar-refractivity contribution >= 4 is 5.97 Å². The molecule has 0 saturated carbocycles. The Bertz CT molecular complexity index is 155. The second-order valence-corrected chi connectivity index (χ2v) is 2.86. The van der Waals surface area contributed by atoms with Crippen LogP contribution in [0.2, 0.25) is 0 Å². The lowest BCUT2D eigenvalue weighted by Gasteiger charge is -1.99. The zero-order valence-corrected chi connectivity index (χ0v) is 7.38. The van der Waals surface area contributed by atoms with Crippen molar-refractivity contribution in [1.29, 1.82) is 0 Å². The molecule has 0 fully saturated rings. The van der Waals surface area contributed by atoms with Crippen LogP contribution in [-0.2, 0) is 4.79 Å². The molecule has 0 rings (SSSR count). The van der Waals surface area contributed by atoms with E-state index in [9.17, 15) is 4.79 Å². The highest BCUT2D eigenvalue weighted by Gasteiger charge is 2.01. The Labute approximate surface area is 73.3 Å². The van der Waals surface area contributed by atoms with Crippen LogP contribution in [0.15, 0.2) is 12.2 Å². The lowest BCUT2D eigenvalue weighted by molar-refractivity contribution is -0.132. The monoisotopic (exact) mass is 171 g/mol. The van der Waals surface area contributed by atoms with Gasteiger partial charge in [0.2, 0.25) is 0 Å². The number of nitrogens with two attached hydrogens (primary N) is 1. The highest BCUT2D eigenvalue weighted by atomic mass is 16.4. The van der Waals surface area contributed by atoms with Crippen LogP contribution in [0.25, 0.3) is 0 Å². The third-order valence-corrected chi connectivity index (χ3v) is 1.74.